The summed E-state index contributed by atoms with van der Waals surface area (Å²) >= 11 is 0. The molecule has 0 bridgehead atoms. The lowest BCUT2D eigenvalue weighted by atomic mass is 10.1. The summed E-state index contributed by atoms with van der Waals surface area (Å²) in [5.74, 6) is 5.79. The number of benzene rings is 1. The van der Waals surface area contributed by atoms with Gasteiger partial charge in [0.1, 0.15) is 0 Å². The molecule has 21 heavy (non-hydrogen) atoms. The molecule has 6 heteroatoms. The summed E-state index contributed by atoms with van der Waals surface area (Å²) in [5.41, 5.74) is 5.56. The van der Waals surface area contributed by atoms with Crippen molar-refractivity contribution in [2.75, 3.05) is 12.5 Å². The van der Waals surface area contributed by atoms with Crippen LogP contribution in [0.4, 0.5) is 5.69 Å². The highest BCUT2D eigenvalue weighted by Crippen LogP contribution is 2.16. The number of methoxy groups -OCH3 is 1. The van der Waals surface area contributed by atoms with Crippen LogP contribution in [0.15, 0.2) is 36.5 Å². The lowest BCUT2D eigenvalue weighted by molar-refractivity contribution is 0.0951. The molecule has 1 amide bonds. The minimum Gasteiger partial charge on any atom is -0.481 e. The second-order valence-corrected chi connectivity index (χ2v) is 4.58. The number of aryl methyl sites for hydroxylation is 1. The normalized spacial score (nSPS) is 10.0. The van der Waals surface area contributed by atoms with Crippen molar-refractivity contribution in [3.05, 3.63) is 53.2 Å². The fourth-order valence-electron chi connectivity index (χ4n) is 1.89. The maximum atomic E-state index is 12.2. The van der Waals surface area contributed by atoms with Crippen molar-refractivity contribution in [1.29, 1.82) is 0 Å². The van der Waals surface area contributed by atoms with Gasteiger partial charge in [0.2, 0.25) is 5.88 Å². The zero-order valence-corrected chi connectivity index (χ0v) is 12.0. The molecule has 0 spiro atoms. The predicted molar refractivity (Wildman–Crippen MR) is 80.9 cm³/mol. The van der Waals surface area contributed by atoms with Gasteiger partial charge in [-0.2, -0.15) is 0 Å². The van der Waals surface area contributed by atoms with Crippen LogP contribution in [0.25, 0.3) is 0 Å². The van der Waals surface area contributed by atoms with E-state index in [0.29, 0.717) is 23.7 Å². The van der Waals surface area contributed by atoms with E-state index in [4.69, 9.17) is 10.6 Å². The number of anilines is 1. The summed E-state index contributed by atoms with van der Waals surface area (Å²) < 4.78 is 4.98. The lowest BCUT2D eigenvalue weighted by Gasteiger charge is -2.10. The standard InChI is InChI=1S/C15H18N4O2/c1-10-3-5-12(13(7-10)19-16)15(20)18-9-11-4-6-14(21-2)17-8-11/h3-8,19H,9,16H2,1-2H3,(H,18,20). The van der Waals surface area contributed by atoms with Gasteiger partial charge in [0.15, 0.2) is 0 Å². The Kier molecular flexibility index (Phi) is 4.73. The van der Waals surface area contributed by atoms with Gasteiger partial charge in [0, 0.05) is 18.8 Å². The molecule has 4 N–H and O–H groups in total. The molecular weight excluding hydrogens is 268 g/mol. The van der Waals surface area contributed by atoms with Crippen LogP contribution in [-0.4, -0.2) is 18.0 Å². The van der Waals surface area contributed by atoms with Crippen LogP contribution >= 0.6 is 0 Å². The maximum Gasteiger partial charge on any atom is 0.253 e. The van der Waals surface area contributed by atoms with Crippen LogP contribution in [-0.2, 0) is 6.54 Å². The van der Waals surface area contributed by atoms with Crippen molar-refractivity contribution in [1.82, 2.24) is 10.3 Å². The van der Waals surface area contributed by atoms with E-state index in [0.717, 1.165) is 11.1 Å². The fourth-order valence-corrected chi connectivity index (χ4v) is 1.89. The molecule has 1 heterocycles. The van der Waals surface area contributed by atoms with E-state index in [1.54, 1.807) is 25.4 Å². The summed E-state index contributed by atoms with van der Waals surface area (Å²) in [4.78, 5) is 16.3. The molecule has 0 aliphatic carbocycles. The summed E-state index contributed by atoms with van der Waals surface area (Å²) in [7, 11) is 1.56. The molecule has 6 nitrogen and oxygen atoms in total. The molecule has 0 saturated carbocycles. The third-order valence-electron chi connectivity index (χ3n) is 3.04. The number of nitrogens with zero attached hydrogens (tertiary/aromatic N) is 1. The molecule has 0 unspecified atom stereocenters. The minimum atomic E-state index is -0.196. The first-order chi connectivity index (χ1) is 10.1. The van der Waals surface area contributed by atoms with Crippen LogP contribution in [0, 0.1) is 6.92 Å². The highest BCUT2D eigenvalue weighted by molar-refractivity contribution is 5.99. The average Bonchev–Trinajstić information content (AvgIpc) is 2.52. The molecule has 0 fully saturated rings. The highest BCUT2D eigenvalue weighted by Gasteiger charge is 2.10. The second kappa shape index (κ2) is 6.71. The van der Waals surface area contributed by atoms with Crippen LogP contribution < -0.4 is 21.3 Å². The van der Waals surface area contributed by atoms with Gasteiger partial charge >= 0.3 is 0 Å². The van der Waals surface area contributed by atoms with Crippen LogP contribution in [0.5, 0.6) is 5.88 Å². The summed E-state index contributed by atoms with van der Waals surface area (Å²) in [6, 6.07) is 9.03. The van der Waals surface area contributed by atoms with E-state index in [1.807, 2.05) is 25.1 Å². The Morgan fingerprint density at radius 2 is 2.14 bits per heavy atom. The van der Waals surface area contributed by atoms with Crippen LogP contribution in [0.3, 0.4) is 0 Å². The number of amides is 1. The first-order valence-corrected chi connectivity index (χ1v) is 6.48. The SMILES string of the molecule is COc1ccc(CNC(=O)c2ccc(C)cc2NN)cn1. The lowest BCUT2D eigenvalue weighted by Crippen LogP contribution is -2.25. The number of nitrogen functional groups attached to an aromatic ring is 1. The Morgan fingerprint density at radius 3 is 2.76 bits per heavy atom. The monoisotopic (exact) mass is 286 g/mol. The third kappa shape index (κ3) is 3.70. The van der Waals surface area contributed by atoms with Crippen molar-refractivity contribution in [3.8, 4) is 5.88 Å². The summed E-state index contributed by atoms with van der Waals surface area (Å²) in [6.45, 7) is 2.32. The van der Waals surface area contributed by atoms with Crippen molar-refractivity contribution < 1.29 is 9.53 Å². The Hall–Kier alpha value is -2.60. The van der Waals surface area contributed by atoms with E-state index in [2.05, 4.69) is 15.7 Å². The van der Waals surface area contributed by atoms with E-state index in [-0.39, 0.29) is 5.91 Å². The number of pyridine rings is 1. The molecule has 0 radical (unpaired) electrons. The molecule has 0 aliphatic heterocycles. The molecule has 110 valence electrons. The maximum absolute atomic E-state index is 12.2. The number of carbonyl (C=O) groups excluding carboxylic acids is 1. The van der Waals surface area contributed by atoms with E-state index in [1.165, 1.54) is 0 Å². The smallest absolute Gasteiger partial charge is 0.253 e. The molecule has 2 aromatic rings. The average molecular weight is 286 g/mol. The van der Waals surface area contributed by atoms with Gasteiger partial charge in [-0.15, -0.1) is 0 Å². The van der Waals surface area contributed by atoms with E-state index < -0.39 is 0 Å². The molecule has 1 aromatic carbocycles. The number of hydrogen-bond donors (Lipinski definition) is 3. The predicted octanol–water partition coefficient (Wildman–Crippen LogP) is 1.61. The molecule has 2 rings (SSSR count). The highest BCUT2D eigenvalue weighted by atomic mass is 16.5. The van der Waals surface area contributed by atoms with Gasteiger partial charge in [0.25, 0.3) is 5.91 Å². The zero-order chi connectivity index (χ0) is 15.2. The van der Waals surface area contributed by atoms with Gasteiger partial charge in [-0.05, 0) is 30.2 Å². The Morgan fingerprint density at radius 1 is 1.33 bits per heavy atom. The molecule has 0 saturated heterocycles. The fraction of sp³-hybridized carbons (Fsp3) is 0.200. The first kappa shape index (κ1) is 14.8. The summed E-state index contributed by atoms with van der Waals surface area (Å²) in [6.07, 6.45) is 1.66. The number of hydrazine groups is 1. The third-order valence-corrected chi connectivity index (χ3v) is 3.04. The summed E-state index contributed by atoms with van der Waals surface area (Å²) in [5, 5.41) is 2.83. The van der Waals surface area contributed by atoms with Gasteiger partial charge in [-0.3, -0.25) is 10.6 Å². The Balaban J connectivity index is 2.04. The Bertz CT molecular complexity index is 626. The molecule has 0 atom stereocenters. The van der Waals surface area contributed by atoms with Gasteiger partial charge in [-0.1, -0.05) is 12.1 Å². The van der Waals surface area contributed by atoms with Crippen molar-refractivity contribution in [3.63, 3.8) is 0 Å². The second-order valence-electron chi connectivity index (χ2n) is 4.58. The van der Waals surface area contributed by atoms with Crippen molar-refractivity contribution >= 4 is 11.6 Å². The van der Waals surface area contributed by atoms with Gasteiger partial charge < -0.3 is 15.5 Å². The minimum absolute atomic E-state index is 0.196. The number of carbonyl (C=O) groups is 1. The van der Waals surface area contributed by atoms with E-state index >= 15 is 0 Å². The molecule has 0 aliphatic rings. The number of aromatic nitrogens is 1. The Labute approximate surface area is 123 Å². The van der Waals surface area contributed by atoms with Crippen molar-refractivity contribution in [2.45, 2.75) is 13.5 Å². The van der Waals surface area contributed by atoms with Crippen LogP contribution in [0.2, 0.25) is 0 Å². The van der Waals surface area contributed by atoms with Crippen LogP contribution in [0.1, 0.15) is 21.5 Å². The number of nitrogens with two attached hydrogens (primary N) is 1. The number of rotatable bonds is 5. The van der Waals surface area contributed by atoms with Crippen molar-refractivity contribution in [2.24, 2.45) is 5.84 Å². The molecule has 1 aromatic heterocycles. The topological polar surface area (TPSA) is 89.3 Å². The van der Waals surface area contributed by atoms with Gasteiger partial charge in [-0.25, -0.2) is 4.98 Å². The van der Waals surface area contributed by atoms with E-state index in [9.17, 15) is 4.79 Å². The molecular formula is C15H18N4O2. The zero-order valence-electron chi connectivity index (χ0n) is 12.0. The van der Waals surface area contributed by atoms with Gasteiger partial charge in [0.05, 0.1) is 18.4 Å². The first-order valence-electron chi connectivity index (χ1n) is 6.48. The number of hydrogen-bond acceptors (Lipinski definition) is 5. The quantitative estimate of drug-likeness (QED) is 0.574. The largest absolute Gasteiger partial charge is 0.481 e. The number of nitrogens with one attached hydrogen (secondary N) is 2. The number of ether oxygens (including phenoxy) is 1.